The van der Waals surface area contributed by atoms with E-state index in [4.69, 9.17) is 9.47 Å². The second kappa shape index (κ2) is 10.2. The minimum atomic E-state index is -3.27. The van der Waals surface area contributed by atoms with Gasteiger partial charge in [-0.15, -0.1) is 0 Å². The number of nitrogens with zero attached hydrogens (tertiary/aromatic N) is 1. The van der Waals surface area contributed by atoms with Gasteiger partial charge in [0.2, 0.25) is 15.9 Å². The van der Waals surface area contributed by atoms with Crippen molar-refractivity contribution >= 4 is 10.0 Å². The highest BCUT2D eigenvalue weighted by molar-refractivity contribution is 7.90. The lowest BCUT2D eigenvalue weighted by Crippen LogP contribution is -2.48. The number of sulfonamides is 1. The van der Waals surface area contributed by atoms with Crippen LogP contribution in [0.2, 0.25) is 0 Å². The average Bonchev–Trinajstić information content (AvgIpc) is 3.14. The topological polar surface area (TPSA) is 89.6 Å². The zero-order valence-electron chi connectivity index (χ0n) is 17.8. The minimum absolute atomic E-state index is 0.0316. The quantitative estimate of drug-likeness (QED) is 0.632. The summed E-state index contributed by atoms with van der Waals surface area (Å²) in [5.41, 5.74) is 1.20. The van der Waals surface area contributed by atoms with Crippen molar-refractivity contribution in [2.45, 2.75) is 82.2 Å². The van der Waals surface area contributed by atoms with Crippen molar-refractivity contribution in [3.05, 3.63) is 23.9 Å². The van der Waals surface area contributed by atoms with Gasteiger partial charge in [0, 0.05) is 23.8 Å². The smallest absolute Gasteiger partial charge is 0.216 e. The lowest BCUT2D eigenvalue weighted by Gasteiger charge is -2.31. The molecule has 2 N–H and O–H groups in total. The van der Waals surface area contributed by atoms with Gasteiger partial charge in [0.05, 0.1) is 24.6 Å². The van der Waals surface area contributed by atoms with Crippen LogP contribution in [-0.2, 0) is 14.8 Å². The van der Waals surface area contributed by atoms with Crippen LogP contribution < -0.4 is 14.8 Å². The molecule has 1 aromatic rings. The van der Waals surface area contributed by atoms with E-state index in [0.717, 1.165) is 44.5 Å². The van der Waals surface area contributed by atoms with Crippen LogP contribution in [0.1, 0.15) is 64.4 Å². The predicted octanol–water partition coefficient (Wildman–Crippen LogP) is 2.58. The highest BCUT2D eigenvalue weighted by atomic mass is 32.2. The molecule has 29 heavy (non-hydrogen) atoms. The molecule has 0 unspecified atom stereocenters. The van der Waals surface area contributed by atoms with Crippen LogP contribution >= 0.6 is 0 Å². The molecule has 2 aliphatic rings. The SMILES string of the molecule is CCOc1ncccc1[C@H]1CC[C@@H](OC[C@@H]2NCC[C@@H]2NS(=O)(=O)C(C)C)CC1. The third-order valence-electron chi connectivity index (χ3n) is 5.99. The zero-order chi connectivity index (χ0) is 20.9. The van der Waals surface area contributed by atoms with Crippen molar-refractivity contribution < 1.29 is 17.9 Å². The molecule has 164 valence electrons. The van der Waals surface area contributed by atoms with Crippen molar-refractivity contribution in [2.24, 2.45) is 0 Å². The molecule has 1 aliphatic heterocycles. The standard InChI is InChI=1S/C21H35N3O4S/c1-4-27-21-18(6-5-12-23-21)16-7-9-17(10-8-16)28-14-20-19(11-13-22-20)24-29(25,26)15(2)3/h5-6,12,15-17,19-20,22,24H,4,7-11,13-14H2,1-3H3/t16-,17+,19-,20-/m0/s1. The molecule has 2 heterocycles. The van der Waals surface area contributed by atoms with E-state index in [1.807, 2.05) is 13.0 Å². The van der Waals surface area contributed by atoms with E-state index in [9.17, 15) is 8.42 Å². The largest absolute Gasteiger partial charge is 0.478 e. The number of rotatable bonds is 9. The fourth-order valence-corrected chi connectivity index (χ4v) is 5.16. The second-order valence-electron chi connectivity index (χ2n) is 8.31. The van der Waals surface area contributed by atoms with E-state index in [2.05, 4.69) is 21.1 Å². The summed E-state index contributed by atoms with van der Waals surface area (Å²) in [4.78, 5) is 4.38. The molecule has 1 saturated carbocycles. The summed E-state index contributed by atoms with van der Waals surface area (Å²) in [6.45, 7) is 7.36. The molecule has 8 heteroatoms. The van der Waals surface area contributed by atoms with Crippen molar-refractivity contribution in [1.82, 2.24) is 15.0 Å². The highest BCUT2D eigenvalue weighted by Crippen LogP contribution is 2.37. The molecular weight excluding hydrogens is 390 g/mol. The summed E-state index contributed by atoms with van der Waals surface area (Å²) in [7, 11) is -3.27. The van der Waals surface area contributed by atoms with Crippen LogP contribution in [0, 0.1) is 0 Å². The van der Waals surface area contributed by atoms with Gasteiger partial charge >= 0.3 is 0 Å². The van der Waals surface area contributed by atoms with Crippen molar-refractivity contribution in [1.29, 1.82) is 0 Å². The van der Waals surface area contributed by atoms with Crippen LogP contribution in [0.3, 0.4) is 0 Å². The van der Waals surface area contributed by atoms with E-state index in [1.54, 1.807) is 20.0 Å². The fraction of sp³-hybridized carbons (Fsp3) is 0.762. The van der Waals surface area contributed by atoms with Gasteiger partial charge in [-0.05, 0) is 71.4 Å². The van der Waals surface area contributed by atoms with E-state index in [0.29, 0.717) is 19.1 Å². The zero-order valence-corrected chi connectivity index (χ0v) is 18.6. The van der Waals surface area contributed by atoms with Gasteiger partial charge in [-0.2, -0.15) is 0 Å². The van der Waals surface area contributed by atoms with Gasteiger partial charge in [-0.1, -0.05) is 6.07 Å². The molecule has 0 bridgehead atoms. The van der Waals surface area contributed by atoms with E-state index in [-0.39, 0.29) is 18.2 Å². The first kappa shape index (κ1) is 22.5. The van der Waals surface area contributed by atoms with Gasteiger partial charge < -0.3 is 14.8 Å². The first-order valence-corrected chi connectivity index (χ1v) is 12.4. The number of ether oxygens (including phenoxy) is 2. The summed E-state index contributed by atoms with van der Waals surface area (Å²) in [6.07, 6.45) is 6.91. The Balaban J connectivity index is 1.48. The molecular formula is C21H35N3O4S. The predicted molar refractivity (Wildman–Crippen MR) is 114 cm³/mol. The van der Waals surface area contributed by atoms with Crippen molar-refractivity contribution in [2.75, 3.05) is 19.8 Å². The first-order chi connectivity index (χ1) is 13.9. The summed E-state index contributed by atoms with van der Waals surface area (Å²) in [5.74, 6) is 1.22. The highest BCUT2D eigenvalue weighted by Gasteiger charge is 2.33. The van der Waals surface area contributed by atoms with Gasteiger partial charge in [0.25, 0.3) is 0 Å². The van der Waals surface area contributed by atoms with Crippen LogP contribution in [0.15, 0.2) is 18.3 Å². The lowest BCUT2D eigenvalue weighted by atomic mass is 9.83. The normalized spacial score (nSPS) is 28.0. The molecule has 2 atom stereocenters. The number of aromatic nitrogens is 1. The maximum Gasteiger partial charge on any atom is 0.216 e. The second-order valence-corrected chi connectivity index (χ2v) is 10.6. The Kier molecular flexibility index (Phi) is 7.90. The first-order valence-electron chi connectivity index (χ1n) is 10.8. The van der Waals surface area contributed by atoms with E-state index < -0.39 is 15.3 Å². The minimum Gasteiger partial charge on any atom is -0.478 e. The Bertz CT molecular complexity index is 748. The van der Waals surface area contributed by atoms with E-state index >= 15 is 0 Å². The maximum absolute atomic E-state index is 12.2. The molecule has 3 rings (SSSR count). The molecule has 1 aromatic heterocycles. The molecule has 0 radical (unpaired) electrons. The molecule has 0 spiro atoms. The molecule has 1 aliphatic carbocycles. The number of hydrogen-bond acceptors (Lipinski definition) is 6. The number of hydrogen-bond donors (Lipinski definition) is 2. The molecule has 0 amide bonds. The lowest BCUT2D eigenvalue weighted by molar-refractivity contribution is 0.0124. The van der Waals surface area contributed by atoms with Gasteiger partial charge in [0.15, 0.2) is 0 Å². The van der Waals surface area contributed by atoms with Crippen molar-refractivity contribution in [3.8, 4) is 5.88 Å². The Labute approximate surface area is 175 Å². The molecule has 2 fully saturated rings. The van der Waals surface area contributed by atoms with Crippen LogP contribution in [0.4, 0.5) is 0 Å². The summed E-state index contributed by atoms with van der Waals surface area (Å²) >= 11 is 0. The maximum atomic E-state index is 12.2. The summed E-state index contributed by atoms with van der Waals surface area (Å²) in [6, 6.07) is 4.04. The van der Waals surface area contributed by atoms with Gasteiger partial charge in [0.1, 0.15) is 0 Å². The Morgan fingerprint density at radius 1 is 1.24 bits per heavy atom. The Hall–Kier alpha value is -1.22. The molecule has 0 aromatic carbocycles. The average molecular weight is 426 g/mol. The molecule has 7 nitrogen and oxygen atoms in total. The fourth-order valence-electron chi connectivity index (χ4n) is 4.18. The molecule has 1 saturated heterocycles. The number of pyridine rings is 1. The summed E-state index contributed by atoms with van der Waals surface area (Å²) in [5, 5.41) is 2.96. The van der Waals surface area contributed by atoms with Crippen LogP contribution in [-0.4, -0.2) is 56.6 Å². The third kappa shape index (κ3) is 5.90. The van der Waals surface area contributed by atoms with Crippen molar-refractivity contribution in [3.63, 3.8) is 0 Å². The third-order valence-corrected chi connectivity index (χ3v) is 7.86. The Morgan fingerprint density at radius 2 is 2.00 bits per heavy atom. The van der Waals surface area contributed by atoms with E-state index in [1.165, 1.54) is 5.56 Å². The monoisotopic (exact) mass is 425 g/mol. The van der Waals surface area contributed by atoms with Gasteiger partial charge in [-0.3, -0.25) is 0 Å². The van der Waals surface area contributed by atoms with Crippen LogP contribution in [0.5, 0.6) is 5.88 Å². The Morgan fingerprint density at radius 3 is 2.69 bits per heavy atom. The van der Waals surface area contributed by atoms with Crippen LogP contribution in [0.25, 0.3) is 0 Å². The van der Waals surface area contributed by atoms with Gasteiger partial charge in [-0.25, -0.2) is 18.1 Å². The summed E-state index contributed by atoms with van der Waals surface area (Å²) < 4.78 is 39.1. The number of nitrogens with one attached hydrogen (secondary N) is 2.